The van der Waals surface area contributed by atoms with Crippen molar-refractivity contribution in [1.82, 2.24) is 0 Å². The molecular weight excluding hydrogens is 200 g/mol. The number of aliphatic hydroxyl groups excluding tert-OH is 1. The zero-order chi connectivity index (χ0) is 11.2. The van der Waals surface area contributed by atoms with E-state index in [4.69, 9.17) is 0 Å². The number of carbonyl (C=O) groups is 1. The van der Waals surface area contributed by atoms with E-state index in [1.807, 2.05) is 0 Å². The molecule has 15 heavy (non-hydrogen) atoms. The van der Waals surface area contributed by atoms with Gasteiger partial charge in [-0.3, -0.25) is 0 Å². The molecule has 0 amide bonds. The summed E-state index contributed by atoms with van der Waals surface area (Å²) in [6.07, 6.45) is -1.23. The van der Waals surface area contributed by atoms with Crippen LogP contribution in [0.25, 0.3) is 0 Å². The highest BCUT2D eigenvalue weighted by Crippen LogP contribution is 2.38. The summed E-state index contributed by atoms with van der Waals surface area (Å²) in [4.78, 5) is 11.3. The van der Waals surface area contributed by atoms with E-state index in [0.29, 0.717) is 0 Å². The number of cyclic esters (lactones) is 1. The summed E-state index contributed by atoms with van der Waals surface area (Å²) in [6, 6.07) is 2.19. The Kier molecular flexibility index (Phi) is 1.90. The minimum absolute atomic E-state index is 0.0914. The average Bonchev–Trinajstić information content (AvgIpc) is 2.12. The van der Waals surface area contributed by atoms with Crippen LogP contribution >= 0.6 is 0 Å². The SMILES string of the molecule is C=C1OC(=O)c2c(O)cc(O)cc2[C@@H]1O. The largest absolute Gasteiger partial charge is 0.508 e. The Morgan fingerprint density at radius 1 is 1.33 bits per heavy atom. The number of phenols is 2. The first-order chi connectivity index (χ1) is 7.00. The maximum Gasteiger partial charge on any atom is 0.347 e. The summed E-state index contributed by atoms with van der Waals surface area (Å²) in [5.41, 5.74) is -0.0542. The smallest absolute Gasteiger partial charge is 0.347 e. The minimum atomic E-state index is -1.23. The minimum Gasteiger partial charge on any atom is -0.508 e. The third-order valence-corrected chi connectivity index (χ3v) is 2.16. The van der Waals surface area contributed by atoms with Crippen molar-refractivity contribution < 1.29 is 24.9 Å². The zero-order valence-electron chi connectivity index (χ0n) is 7.60. The second kappa shape index (κ2) is 2.99. The van der Waals surface area contributed by atoms with Crippen molar-refractivity contribution in [2.45, 2.75) is 6.10 Å². The van der Waals surface area contributed by atoms with E-state index >= 15 is 0 Å². The summed E-state index contributed by atoms with van der Waals surface area (Å²) >= 11 is 0. The normalized spacial score (nSPS) is 19.7. The van der Waals surface area contributed by atoms with E-state index in [1.165, 1.54) is 6.07 Å². The van der Waals surface area contributed by atoms with Crippen LogP contribution in [0.1, 0.15) is 22.0 Å². The van der Waals surface area contributed by atoms with Crippen LogP contribution in [-0.4, -0.2) is 21.3 Å². The van der Waals surface area contributed by atoms with Gasteiger partial charge in [0.15, 0.2) is 0 Å². The van der Waals surface area contributed by atoms with Crippen LogP contribution in [-0.2, 0) is 4.74 Å². The van der Waals surface area contributed by atoms with Gasteiger partial charge in [0.25, 0.3) is 0 Å². The number of fused-ring (bicyclic) bond motifs is 1. The molecule has 1 aliphatic rings. The van der Waals surface area contributed by atoms with Gasteiger partial charge < -0.3 is 20.1 Å². The Labute approximate surface area is 84.9 Å². The molecule has 2 rings (SSSR count). The first kappa shape index (κ1) is 9.54. The number of hydrogen-bond acceptors (Lipinski definition) is 5. The number of ether oxygens (including phenoxy) is 1. The molecule has 0 aromatic heterocycles. The monoisotopic (exact) mass is 208 g/mol. The van der Waals surface area contributed by atoms with Crippen molar-refractivity contribution in [2.75, 3.05) is 0 Å². The Morgan fingerprint density at radius 3 is 2.67 bits per heavy atom. The fourth-order valence-corrected chi connectivity index (χ4v) is 1.47. The highest BCUT2D eigenvalue weighted by Gasteiger charge is 2.32. The molecule has 0 spiro atoms. The second-order valence-corrected chi connectivity index (χ2v) is 3.19. The van der Waals surface area contributed by atoms with Crippen LogP contribution in [0.3, 0.4) is 0 Å². The number of rotatable bonds is 0. The van der Waals surface area contributed by atoms with Gasteiger partial charge in [-0.05, 0) is 6.07 Å². The molecule has 1 aromatic carbocycles. The quantitative estimate of drug-likeness (QED) is 0.549. The molecule has 78 valence electrons. The molecule has 0 saturated carbocycles. The van der Waals surface area contributed by atoms with Crippen LogP contribution in [0.4, 0.5) is 0 Å². The van der Waals surface area contributed by atoms with E-state index in [1.54, 1.807) is 0 Å². The van der Waals surface area contributed by atoms with Crippen molar-refractivity contribution in [1.29, 1.82) is 0 Å². The molecule has 5 nitrogen and oxygen atoms in total. The number of benzene rings is 1. The first-order valence-electron chi connectivity index (χ1n) is 4.15. The lowest BCUT2D eigenvalue weighted by Crippen LogP contribution is -2.20. The third kappa shape index (κ3) is 1.33. The van der Waals surface area contributed by atoms with Gasteiger partial charge in [-0.15, -0.1) is 0 Å². The molecular formula is C10H8O5. The Morgan fingerprint density at radius 2 is 2.00 bits per heavy atom. The van der Waals surface area contributed by atoms with Crippen LogP contribution in [0, 0.1) is 0 Å². The van der Waals surface area contributed by atoms with Gasteiger partial charge in [-0.25, -0.2) is 4.79 Å². The van der Waals surface area contributed by atoms with Gasteiger partial charge >= 0.3 is 5.97 Å². The lowest BCUT2D eigenvalue weighted by molar-refractivity contribution is 0.0436. The summed E-state index contributed by atoms with van der Waals surface area (Å²) in [5, 5.41) is 28.2. The number of aromatic hydroxyl groups is 2. The zero-order valence-corrected chi connectivity index (χ0v) is 7.60. The van der Waals surface area contributed by atoms with E-state index < -0.39 is 17.8 Å². The van der Waals surface area contributed by atoms with Gasteiger partial charge in [0.05, 0.1) is 0 Å². The lowest BCUT2D eigenvalue weighted by atomic mass is 9.97. The van der Waals surface area contributed by atoms with Gasteiger partial charge in [0, 0.05) is 11.6 Å². The maximum atomic E-state index is 11.3. The predicted octanol–water partition coefficient (Wildman–Crippen LogP) is 0.815. The third-order valence-electron chi connectivity index (χ3n) is 2.16. The van der Waals surface area contributed by atoms with Gasteiger partial charge in [0.1, 0.15) is 28.9 Å². The Balaban J connectivity index is 2.71. The number of esters is 1. The molecule has 1 heterocycles. The summed E-state index contributed by atoms with van der Waals surface area (Å²) < 4.78 is 4.62. The van der Waals surface area contributed by atoms with Crippen LogP contribution in [0.5, 0.6) is 11.5 Å². The molecule has 0 unspecified atom stereocenters. The number of aliphatic hydroxyl groups is 1. The summed E-state index contributed by atoms with van der Waals surface area (Å²) in [5.74, 6) is -1.59. The lowest BCUT2D eigenvalue weighted by Gasteiger charge is -2.23. The van der Waals surface area contributed by atoms with Crippen molar-refractivity contribution in [3.05, 3.63) is 35.6 Å². The average molecular weight is 208 g/mol. The Bertz CT molecular complexity index is 463. The van der Waals surface area contributed by atoms with E-state index in [0.717, 1.165) is 6.07 Å². The van der Waals surface area contributed by atoms with E-state index in [2.05, 4.69) is 11.3 Å². The molecule has 0 bridgehead atoms. The van der Waals surface area contributed by atoms with Crippen LogP contribution in [0.2, 0.25) is 0 Å². The van der Waals surface area contributed by atoms with Crippen molar-refractivity contribution in [2.24, 2.45) is 0 Å². The number of hydrogen-bond donors (Lipinski definition) is 3. The van der Waals surface area contributed by atoms with Crippen LogP contribution < -0.4 is 0 Å². The van der Waals surface area contributed by atoms with E-state index in [-0.39, 0.29) is 22.6 Å². The van der Waals surface area contributed by atoms with Gasteiger partial charge in [-0.1, -0.05) is 6.58 Å². The highest BCUT2D eigenvalue weighted by molar-refractivity contribution is 5.96. The standard InChI is InChI=1S/C10H8O5/c1-4-9(13)6-2-5(11)3-7(12)8(6)10(14)15-4/h2-3,9,11-13H,1H2/t9-/m1/s1. The van der Waals surface area contributed by atoms with E-state index in [9.17, 15) is 20.1 Å². The molecule has 0 saturated heterocycles. The van der Waals surface area contributed by atoms with Gasteiger partial charge in [-0.2, -0.15) is 0 Å². The molecule has 0 aliphatic carbocycles. The highest BCUT2D eigenvalue weighted by atomic mass is 16.5. The van der Waals surface area contributed by atoms with Crippen molar-refractivity contribution in [3.8, 4) is 11.5 Å². The predicted molar refractivity (Wildman–Crippen MR) is 49.3 cm³/mol. The topological polar surface area (TPSA) is 87.0 Å². The summed E-state index contributed by atoms with van der Waals surface area (Å²) in [6.45, 7) is 3.35. The maximum absolute atomic E-state index is 11.3. The fourth-order valence-electron chi connectivity index (χ4n) is 1.47. The molecule has 1 atom stereocenters. The second-order valence-electron chi connectivity index (χ2n) is 3.19. The molecule has 1 aliphatic heterocycles. The van der Waals surface area contributed by atoms with Gasteiger partial charge in [0.2, 0.25) is 0 Å². The Hall–Kier alpha value is -2.01. The molecule has 1 aromatic rings. The van der Waals surface area contributed by atoms with Crippen molar-refractivity contribution >= 4 is 5.97 Å². The van der Waals surface area contributed by atoms with Crippen molar-refractivity contribution in [3.63, 3.8) is 0 Å². The summed E-state index contributed by atoms with van der Waals surface area (Å²) in [7, 11) is 0. The first-order valence-corrected chi connectivity index (χ1v) is 4.15. The number of carbonyl (C=O) groups excluding carboxylic acids is 1. The van der Waals surface area contributed by atoms with Crippen LogP contribution in [0.15, 0.2) is 24.5 Å². The fraction of sp³-hybridized carbons (Fsp3) is 0.100. The molecule has 0 radical (unpaired) electrons. The molecule has 3 N–H and O–H groups in total. The molecule has 5 heteroatoms. The number of phenolic OH excluding ortho intramolecular Hbond substituents is 2. The molecule has 0 fully saturated rings.